The van der Waals surface area contributed by atoms with Crippen molar-refractivity contribution in [2.45, 2.75) is 72.0 Å². The lowest BCUT2D eigenvalue weighted by Gasteiger charge is -2.31. The highest BCUT2D eigenvalue weighted by Crippen LogP contribution is 2.20. The average molecular weight is 405 g/mol. The minimum absolute atomic E-state index is 0.387. The molecule has 8 nitrogen and oxygen atoms in total. The van der Waals surface area contributed by atoms with Crippen LogP contribution >= 0.6 is 0 Å². The number of aldehydes is 1. The largest absolute Gasteiger partial charge is 0.345 e. The number of nitrogens with zero attached hydrogens (tertiary/aromatic N) is 1. The highest BCUT2D eigenvalue weighted by atomic mass is 16.2. The number of amides is 3. The molecule has 0 spiro atoms. The van der Waals surface area contributed by atoms with Gasteiger partial charge in [-0.2, -0.15) is 0 Å². The Morgan fingerprint density at radius 2 is 1.69 bits per heavy atom. The van der Waals surface area contributed by atoms with E-state index in [1.165, 1.54) is 12.4 Å². The molecule has 0 saturated carbocycles. The van der Waals surface area contributed by atoms with Crippen LogP contribution in [-0.2, 0) is 14.4 Å². The topological polar surface area (TPSA) is 117 Å². The number of rotatable bonds is 10. The van der Waals surface area contributed by atoms with Crippen LogP contribution in [0.5, 0.6) is 0 Å². The maximum Gasteiger partial charge on any atom is 0.252 e. The number of pyridine rings is 1. The van der Waals surface area contributed by atoms with Crippen LogP contribution in [0.15, 0.2) is 24.5 Å². The maximum atomic E-state index is 12.8. The van der Waals surface area contributed by atoms with E-state index >= 15 is 0 Å². The molecule has 0 aliphatic heterocycles. The van der Waals surface area contributed by atoms with Gasteiger partial charge in [0.2, 0.25) is 11.8 Å². The van der Waals surface area contributed by atoms with Crippen LogP contribution in [0.3, 0.4) is 0 Å². The van der Waals surface area contributed by atoms with Crippen molar-refractivity contribution in [2.75, 3.05) is 0 Å². The molecule has 29 heavy (non-hydrogen) atoms. The van der Waals surface area contributed by atoms with E-state index in [9.17, 15) is 19.2 Å². The summed E-state index contributed by atoms with van der Waals surface area (Å²) in [6, 6.07) is 0.818. The number of hydrogen-bond acceptors (Lipinski definition) is 5. The minimum Gasteiger partial charge on any atom is -0.345 e. The molecule has 1 aromatic heterocycles. The smallest absolute Gasteiger partial charge is 0.252 e. The van der Waals surface area contributed by atoms with Gasteiger partial charge in [-0.05, 0) is 30.9 Å². The van der Waals surface area contributed by atoms with Gasteiger partial charge >= 0.3 is 0 Å². The molecule has 8 heteroatoms. The summed E-state index contributed by atoms with van der Waals surface area (Å²) >= 11 is 0. The molecular formula is C21H32N4O4. The molecule has 1 rings (SSSR count). The van der Waals surface area contributed by atoms with Gasteiger partial charge in [0.05, 0.1) is 6.04 Å². The number of carbonyl (C=O) groups is 4. The van der Waals surface area contributed by atoms with Gasteiger partial charge in [-0.1, -0.05) is 40.5 Å². The van der Waals surface area contributed by atoms with Crippen LogP contribution in [0.25, 0.3) is 0 Å². The van der Waals surface area contributed by atoms with E-state index in [0.717, 1.165) is 12.8 Å². The monoisotopic (exact) mass is 404 g/mol. The standard InChI is InChI=1S/C21H32N4O4/c1-6-7-8-16(13-26)24-18(27)14(2)23-20(29)17(21(3,4)5)25-19(28)15-9-11-22-12-10-15/h9-14,16-17H,6-8H2,1-5H3,(H,23,29)(H,24,27)(H,25,28)/t14-,16-,17+/m0/s1. The second-order valence-electron chi connectivity index (χ2n) is 8.13. The number of hydrogen-bond donors (Lipinski definition) is 3. The lowest BCUT2D eigenvalue weighted by atomic mass is 9.85. The van der Waals surface area contributed by atoms with Crippen molar-refractivity contribution in [1.82, 2.24) is 20.9 Å². The highest BCUT2D eigenvalue weighted by molar-refractivity contribution is 5.98. The summed E-state index contributed by atoms with van der Waals surface area (Å²) < 4.78 is 0. The van der Waals surface area contributed by atoms with Gasteiger partial charge in [-0.15, -0.1) is 0 Å². The first-order chi connectivity index (χ1) is 13.6. The van der Waals surface area contributed by atoms with Gasteiger partial charge in [0, 0.05) is 18.0 Å². The first-order valence-electron chi connectivity index (χ1n) is 9.87. The zero-order valence-electron chi connectivity index (χ0n) is 17.8. The lowest BCUT2D eigenvalue weighted by Crippen LogP contribution is -2.57. The van der Waals surface area contributed by atoms with Crippen LogP contribution in [0.1, 0.15) is 64.2 Å². The Balaban J connectivity index is 2.78. The van der Waals surface area contributed by atoms with Crippen molar-refractivity contribution >= 4 is 24.0 Å². The summed E-state index contributed by atoms with van der Waals surface area (Å²) in [4.78, 5) is 52.6. The van der Waals surface area contributed by atoms with Crippen molar-refractivity contribution < 1.29 is 19.2 Å². The van der Waals surface area contributed by atoms with Crippen LogP contribution in [0.4, 0.5) is 0 Å². The fourth-order valence-corrected chi connectivity index (χ4v) is 2.66. The summed E-state index contributed by atoms with van der Waals surface area (Å²) in [5.41, 5.74) is -0.201. The molecule has 3 atom stereocenters. The third kappa shape index (κ3) is 8.01. The van der Waals surface area contributed by atoms with Crippen molar-refractivity contribution in [2.24, 2.45) is 5.41 Å². The van der Waals surface area contributed by atoms with E-state index in [0.29, 0.717) is 18.3 Å². The van der Waals surface area contributed by atoms with E-state index in [4.69, 9.17) is 0 Å². The molecule has 0 fully saturated rings. The van der Waals surface area contributed by atoms with Gasteiger partial charge < -0.3 is 20.7 Å². The zero-order chi connectivity index (χ0) is 22.0. The molecule has 3 N–H and O–H groups in total. The van der Waals surface area contributed by atoms with Crippen LogP contribution in [-0.4, -0.2) is 47.1 Å². The molecule has 0 aliphatic rings. The summed E-state index contributed by atoms with van der Waals surface area (Å²) in [5, 5.41) is 8.00. The number of aromatic nitrogens is 1. The van der Waals surface area contributed by atoms with E-state index in [2.05, 4.69) is 20.9 Å². The van der Waals surface area contributed by atoms with E-state index < -0.39 is 41.3 Å². The Labute approximate surface area is 172 Å². The Morgan fingerprint density at radius 3 is 2.21 bits per heavy atom. The van der Waals surface area contributed by atoms with Crippen molar-refractivity contribution in [3.63, 3.8) is 0 Å². The molecule has 1 aromatic rings. The van der Waals surface area contributed by atoms with Crippen molar-refractivity contribution in [3.8, 4) is 0 Å². The molecule has 0 aromatic carbocycles. The molecule has 0 saturated heterocycles. The molecule has 0 bridgehead atoms. The number of nitrogens with one attached hydrogen (secondary N) is 3. The van der Waals surface area contributed by atoms with Crippen LogP contribution < -0.4 is 16.0 Å². The molecule has 0 unspecified atom stereocenters. The van der Waals surface area contributed by atoms with E-state index in [1.54, 1.807) is 19.1 Å². The zero-order valence-corrected chi connectivity index (χ0v) is 17.8. The minimum atomic E-state index is -0.861. The van der Waals surface area contributed by atoms with Gasteiger partial charge in [0.15, 0.2) is 0 Å². The molecule has 3 amide bonds. The Bertz CT molecular complexity index is 700. The number of carbonyl (C=O) groups excluding carboxylic acids is 4. The maximum absolute atomic E-state index is 12.8. The SMILES string of the molecule is CCCC[C@@H](C=O)NC(=O)[C@H](C)NC(=O)[C@@H](NC(=O)c1ccncc1)C(C)(C)C. The summed E-state index contributed by atoms with van der Waals surface area (Å²) in [7, 11) is 0. The third-order valence-electron chi connectivity index (χ3n) is 4.46. The highest BCUT2D eigenvalue weighted by Gasteiger charge is 2.34. The first-order valence-corrected chi connectivity index (χ1v) is 9.87. The van der Waals surface area contributed by atoms with E-state index in [-0.39, 0.29) is 0 Å². The first kappa shape index (κ1) is 24.3. The predicted molar refractivity (Wildman–Crippen MR) is 110 cm³/mol. The second kappa shape index (κ2) is 11.3. The Kier molecular flexibility index (Phi) is 9.44. The molecule has 160 valence electrons. The normalized spacial score (nSPS) is 14.2. The van der Waals surface area contributed by atoms with Gasteiger partial charge in [0.25, 0.3) is 5.91 Å². The van der Waals surface area contributed by atoms with Crippen LogP contribution in [0.2, 0.25) is 0 Å². The molecule has 0 radical (unpaired) electrons. The van der Waals surface area contributed by atoms with Gasteiger partial charge in [-0.3, -0.25) is 19.4 Å². The second-order valence-corrected chi connectivity index (χ2v) is 8.13. The summed E-state index contributed by atoms with van der Waals surface area (Å²) in [6.07, 6.45) is 5.98. The predicted octanol–water partition coefficient (Wildman–Crippen LogP) is 1.60. The summed E-state index contributed by atoms with van der Waals surface area (Å²) in [5.74, 6) is -1.32. The summed E-state index contributed by atoms with van der Waals surface area (Å²) in [6.45, 7) is 9.00. The third-order valence-corrected chi connectivity index (χ3v) is 4.46. The fourth-order valence-electron chi connectivity index (χ4n) is 2.66. The average Bonchev–Trinajstić information content (AvgIpc) is 2.68. The van der Waals surface area contributed by atoms with Crippen molar-refractivity contribution in [3.05, 3.63) is 30.1 Å². The number of unbranched alkanes of at least 4 members (excludes halogenated alkanes) is 1. The van der Waals surface area contributed by atoms with Crippen molar-refractivity contribution in [1.29, 1.82) is 0 Å². The van der Waals surface area contributed by atoms with Gasteiger partial charge in [0.1, 0.15) is 18.4 Å². The van der Waals surface area contributed by atoms with E-state index in [1.807, 2.05) is 27.7 Å². The molecule has 1 heterocycles. The quantitative estimate of drug-likeness (QED) is 0.512. The van der Waals surface area contributed by atoms with Gasteiger partial charge in [-0.25, -0.2) is 0 Å². The van der Waals surface area contributed by atoms with Crippen LogP contribution in [0, 0.1) is 5.41 Å². The Hall–Kier alpha value is -2.77. The Morgan fingerprint density at radius 1 is 1.07 bits per heavy atom. The lowest BCUT2D eigenvalue weighted by molar-refractivity contribution is -0.131. The molecule has 0 aliphatic carbocycles. The fraction of sp³-hybridized carbons (Fsp3) is 0.571. The molecular weight excluding hydrogens is 372 g/mol.